The minimum absolute atomic E-state index is 0.0195. The monoisotopic (exact) mass is 251 g/mol. The number of amides is 1. The number of nitrogens with one attached hydrogen (secondary N) is 1. The van der Waals surface area contributed by atoms with Gasteiger partial charge >= 0.3 is 12.1 Å². The lowest BCUT2D eigenvalue weighted by atomic mass is 10.1. The summed E-state index contributed by atoms with van der Waals surface area (Å²) < 4.78 is 4.65. The molecule has 0 aliphatic heterocycles. The first kappa shape index (κ1) is 13.6. The normalized spacial score (nSPS) is 11.3. The molecule has 1 atom stereocenters. The standard InChI is InChI=1S/C11H13N3O4/c1-2-5-18-11(17)14-9(10(15)16)6-8-3-4-12-7-13-8/h2-4,7,9H,1,5-6H2,(H,14,17)(H,15,16)/t9-/m1/s1. The Kier molecular flexibility index (Phi) is 5.30. The van der Waals surface area contributed by atoms with Crippen molar-refractivity contribution < 1.29 is 19.4 Å². The average molecular weight is 251 g/mol. The van der Waals surface area contributed by atoms with E-state index in [4.69, 9.17) is 5.11 Å². The van der Waals surface area contributed by atoms with Gasteiger partial charge in [0.05, 0.1) is 0 Å². The molecule has 0 saturated heterocycles. The van der Waals surface area contributed by atoms with Crippen LogP contribution in [0.25, 0.3) is 0 Å². The van der Waals surface area contributed by atoms with Gasteiger partial charge in [0, 0.05) is 18.3 Å². The highest BCUT2D eigenvalue weighted by atomic mass is 16.5. The predicted molar refractivity (Wildman–Crippen MR) is 61.8 cm³/mol. The fourth-order valence-electron chi connectivity index (χ4n) is 1.17. The topological polar surface area (TPSA) is 101 Å². The van der Waals surface area contributed by atoms with Crippen LogP contribution in [0.1, 0.15) is 5.69 Å². The van der Waals surface area contributed by atoms with E-state index in [1.807, 2.05) is 0 Å². The van der Waals surface area contributed by atoms with E-state index in [0.29, 0.717) is 5.69 Å². The quantitative estimate of drug-likeness (QED) is 0.709. The fourth-order valence-corrected chi connectivity index (χ4v) is 1.17. The highest BCUT2D eigenvalue weighted by molar-refractivity contribution is 5.80. The number of hydrogen-bond acceptors (Lipinski definition) is 5. The molecule has 1 aromatic heterocycles. The molecule has 0 saturated carbocycles. The Morgan fingerprint density at radius 1 is 1.61 bits per heavy atom. The number of aromatic nitrogens is 2. The largest absolute Gasteiger partial charge is 0.480 e. The van der Waals surface area contributed by atoms with E-state index in [9.17, 15) is 9.59 Å². The summed E-state index contributed by atoms with van der Waals surface area (Å²) in [6.07, 6.45) is 3.44. The van der Waals surface area contributed by atoms with Crippen LogP contribution in [0.2, 0.25) is 0 Å². The summed E-state index contributed by atoms with van der Waals surface area (Å²) in [4.78, 5) is 29.8. The van der Waals surface area contributed by atoms with E-state index in [1.54, 1.807) is 6.07 Å². The van der Waals surface area contributed by atoms with Crippen LogP contribution in [0, 0.1) is 0 Å². The summed E-state index contributed by atoms with van der Waals surface area (Å²) in [5, 5.41) is 11.2. The van der Waals surface area contributed by atoms with Gasteiger partial charge in [0.15, 0.2) is 0 Å². The number of ether oxygens (including phenoxy) is 1. The lowest BCUT2D eigenvalue weighted by Crippen LogP contribution is -2.42. The molecular formula is C11H13N3O4. The van der Waals surface area contributed by atoms with Gasteiger partial charge in [-0.05, 0) is 6.07 Å². The minimum Gasteiger partial charge on any atom is -0.480 e. The molecule has 1 heterocycles. The Balaban J connectivity index is 2.58. The molecule has 7 heteroatoms. The summed E-state index contributed by atoms with van der Waals surface area (Å²) in [6, 6.07) is 0.476. The molecule has 0 unspecified atom stereocenters. The number of rotatable bonds is 6. The molecule has 0 aliphatic rings. The SMILES string of the molecule is C=CCOC(=O)N[C@H](Cc1ccncn1)C(=O)O. The van der Waals surface area contributed by atoms with Crippen molar-refractivity contribution in [2.75, 3.05) is 6.61 Å². The van der Waals surface area contributed by atoms with E-state index in [-0.39, 0.29) is 13.0 Å². The van der Waals surface area contributed by atoms with Crippen molar-refractivity contribution in [3.8, 4) is 0 Å². The molecule has 0 spiro atoms. The van der Waals surface area contributed by atoms with Crippen molar-refractivity contribution in [2.24, 2.45) is 0 Å². The Morgan fingerprint density at radius 3 is 2.94 bits per heavy atom. The number of carbonyl (C=O) groups is 2. The maximum Gasteiger partial charge on any atom is 0.408 e. The van der Waals surface area contributed by atoms with Gasteiger partial charge in [-0.25, -0.2) is 19.6 Å². The van der Waals surface area contributed by atoms with Crippen LogP contribution in [0.3, 0.4) is 0 Å². The Labute approximate surface area is 104 Å². The van der Waals surface area contributed by atoms with Gasteiger partial charge in [-0.2, -0.15) is 0 Å². The number of aliphatic carboxylic acids is 1. The fraction of sp³-hybridized carbons (Fsp3) is 0.273. The molecule has 1 rings (SSSR count). The summed E-state index contributed by atoms with van der Waals surface area (Å²) >= 11 is 0. The summed E-state index contributed by atoms with van der Waals surface area (Å²) in [7, 11) is 0. The molecule has 96 valence electrons. The lowest BCUT2D eigenvalue weighted by molar-refractivity contribution is -0.139. The Morgan fingerprint density at radius 2 is 2.39 bits per heavy atom. The number of carboxylic acids is 1. The summed E-state index contributed by atoms with van der Waals surface area (Å²) in [5.74, 6) is -1.16. The van der Waals surface area contributed by atoms with Crippen LogP contribution in [0.15, 0.2) is 31.2 Å². The first-order valence-corrected chi connectivity index (χ1v) is 5.15. The van der Waals surface area contributed by atoms with Crippen LogP contribution in [0.4, 0.5) is 4.79 Å². The molecule has 7 nitrogen and oxygen atoms in total. The molecule has 0 radical (unpaired) electrons. The molecule has 1 aromatic rings. The van der Waals surface area contributed by atoms with E-state index >= 15 is 0 Å². The van der Waals surface area contributed by atoms with Crippen molar-refractivity contribution in [2.45, 2.75) is 12.5 Å². The number of carbonyl (C=O) groups excluding carboxylic acids is 1. The minimum atomic E-state index is -1.16. The third-order valence-electron chi connectivity index (χ3n) is 1.98. The van der Waals surface area contributed by atoms with Gasteiger partial charge in [0.25, 0.3) is 0 Å². The van der Waals surface area contributed by atoms with Crippen molar-refractivity contribution in [3.05, 3.63) is 36.9 Å². The highest BCUT2D eigenvalue weighted by Crippen LogP contribution is 1.99. The maximum atomic E-state index is 11.2. The van der Waals surface area contributed by atoms with E-state index < -0.39 is 18.1 Å². The van der Waals surface area contributed by atoms with Gasteiger partial charge in [-0.3, -0.25) is 0 Å². The summed E-state index contributed by atoms with van der Waals surface area (Å²) in [5.41, 5.74) is 0.515. The van der Waals surface area contributed by atoms with Crippen molar-refractivity contribution in [1.82, 2.24) is 15.3 Å². The van der Waals surface area contributed by atoms with Crippen molar-refractivity contribution >= 4 is 12.1 Å². The second kappa shape index (κ2) is 7.00. The van der Waals surface area contributed by atoms with Gasteiger partial charge in [0.1, 0.15) is 19.0 Å². The Hall–Kier alpha value is -2.44. The number of nitrogens with zero attached hydrogens (tertiary/aromatic N) is 2. The molecule has 0 aliphatic carbocycles. The van der Waals surface area contributed by atoms with Crippen LogP contribution in [0.5, 0.6) is 0 Å². The van der Waals surface area contributed by atoms with Gasteiger partial charge in [-0.1, -0.05) is 12.7 Å². The second-order valence-electron chi connectivity index (χ2n) is 3.33. The van der Waals surface area contributed by atoms with Crippen LogP contribution in [-0.4, -0.2) is 39.8 Å². The van der Waals surface area contributed by atoms with Gasteiger partial charge in [-0.15, -0.1) is 0 Å². The van der Waals surface area contributed by atoms with Crippen LogP contribution >= 0.6 is 0 Å². The van der Waals surface area contributed by atoms with E-state index in [0.717, 1.165) is 0 Å². The van der Waals surface area contributed by atoms with E-state index in [1.165, 1.54) is 18.6 Å². The number of alkyl carbamates (subject to hydrolysis) is 1. The predicted octanol–water partition coefficient (Wildman–Crippen LogP) is 0.384. The first-order valence-electron chi connectivity index (χ1n) is 5.15. The summed E-state index contributed by atoms with van der Waals surface area (Å²) in [6.45, 7) is 3.40. The van der Waals surface area contributed by atoms with Gasteiger partial charge < -0.3 is 15.2 Å². The molecule has 0 bridgehead atoms. The molecule has 2 N–H and O–H groups in total. The first-order chi connectivity index (χ1) is 8.63. The van der Waals surface area contributed by atoms with Crippen molar-refractivity contribution in [1.29, 1.82) is 0 Å². The van der Waals surface area contributed by atoms with E-state index in [2.05, 4.69) is 26.6 Å². The highest BCUT2D eigenvalue weighted by Gasteiger charge is 2.21. The Bertz CT molecular complexity index is 422. The maximum absolute atomic E-state index is 11.2. The van der Waals surface area contributed by atoms with Crippen molar-refractivity contribution in [3.63, 3.8) is 0 Å². The zero-order valence-electron chi connectivity index (χ0n) is 9.57. The third-order valence-corrected chi connectivity index (χ3v) is 1.98. The molecule has 18 heavy (non-hydrogen) atoms. The molecule has 1 amide bonds. The zero-order valence-corrected chi connectivity index (χ0v) is 9.57. The number of carboxylic acid groups (broad SMARTS) is 1. The smallest absolute Gasteiger partial charge is 0.408 e. The molecular weight excluding hydrogens is 238 g/mol. The molecule has 0 fully saturated rings. The van der Waals surface area contributed by atoms with Gasteiger partial charge in [0.2, 0.25) is 0 Å². The average Bonchev–Trinajstić information content (AvgIpc) is 2.36. The second-order valence-corrected chi connectivity index (χ2v) is 3.33. The third kappa shape index (κ3) is 4.60. The molecule has 0 aromatic carbocycles. The lowest BCUT2D eigenvalue weighted by Gasteiger charge is -2.13. The van der Waals surface area contributed by atoms with Crippen LogP contribution in [-0.2, 0) is 16.0 Å². The zero-order chi connectivity index (χ0) is 13.4. The van der Waals surface area contributed by atoms with Crippen LogP contribution < -0.4 is 5.32 Å². The number of hydrogen-bond donors (Lipinski definition) is 2.